The number of methoxy groups -OCH3 is 1. The summed E-state index contributed by atoms with van der Waals surface area (Å²) in [6.45, 7) is 2.05. The molecule has 0 radical (unpaired) electrons. The molecule has 1 N–H and O–H groups in total. The maximum atomic E-state index is 14.2. The molecule has 1 aliphatic heterocycles. The van der Waals surface area contributed by atoms with Crippen LogP contribution in [0.15, 0.2) is 18.2 Å². The number of benzene rings is 1. The highest BCUT2D eigenvalue weighted by Crippen LogP contribution is 2.24. The monoisotopic (exact) mass is 365 g/mol. The van der Waals surface area contributed by atoms with Crippen molar-refractivity contribution < 1.29 is 23.4 Å². The minimum Gasteiger partial charge on any atom is -0.497 e. The molecule has 1 aromatic heterocycles. The number of hydrogen-bond donors (Lipinski definition) is 1. The van der Waals surface area contributed by atoms with E-state index in [-0.39, 0.29) is 24.3 Å². The van der Waals surface area contributed by atoms with Gasteiger partial charge in [0.1, 0.15) is 17.4 Å². The lowest BCUT2D eigenvalue weighted by atomic mass is 10.1. The van der Waals surface area contributed by atoms with E-state index in [1.807, 2.05) is 15.6 Å². The molecule has 0 fully saturated rings. The van der Waals surface area contributed by atoms with E-state index in [0.29, 0.717) is 26.1 Å². The Morgan fingerprint density at radius 2 is 2.00 bits per heavy atom. The molecule has 0 aliphatic carbocycles. The number of aryl methyl sites for hydroxylation is 2. The quantitative estimate of drug-likeness (QED) is 0.852. The maximum Gasteiger partial charge on any atom is 0.303 e. The van der Waals surface area contributed by atoms with Crippen LogP contribution < -0.4 is 4.74 Å². The number of rotatable bonds is 6. The van der Waals surface area contributed by atoms with Crippen molar-refractivity contribution in [1.29, 1.82) is 0 Å². The largest absolute Gasteiger partial charge is 0.497 e. The number of carbonyl (C=O) groups is 1. The molecule has 8 heteroatoms. The molecule has 2 heterocycles. The zero-order valence-electron chi connectivity index (χ0n) is 14.5. The van der Waals surface area contributed by atoms with Gasteiger partial charge in [0.25, 0.3) is 0 Å². The van der Waals surface area contributed by atoms with Crippen molar-refractivity contribution in [2.75, 3.05) is 13.7 Å². The number of aromatic nitrogens is 2. The number of nitrogens with zero attached hydrogens (tertiary/aromatic N) is 3. The van der Waals surface area contributed by atoms with Gasteiger partial charge < -0.3 is 9.84 Å². The molecule has 0 saturated carbocycles. The van der Waals surface area contributed by atoms with E-state index in [1.165, 1.54) is 19.2 Å². The van der Waals surface area contributed by atoms with Crippen molar-refractivity contribution in [2.24, 2.45) is 0 Å². The molecule has 140 valence electrons. The molecular weight excluding hydrogens is 344 g/mol. The molecule has 26 heavy (non-hydrogen) atoms. The Morgan fingerprint density at radius 3 is 2.65 bits per heavy atom. The molecule has 0 amide bonds. The van der Waals surface area contributed by atoms with Gasteiger partial charge in [-0.15, -0.1) is 0 Å². The summed E-state index contributed by atoms with van der Waals surface area (Å²) < 4.78 is 35.2. The molecule has 0 spiro atoms. The third-order valence-corrected chi connectivity index (χ3v) is 4.47. The van der Waals surface area contributed by atoms with Crippen LogP contribution in [0.4, 0.5) is 8.78 Å². The van der Waals surface area contributed by atoms with E-state index in [0.717, 1.165) is 17.8 Å². The molecule has 1 aromatic carbocycles. The Labute approximate surface area is 150 Å². The molecule has 1 aliphatic rings. The minimum atomic E-state index is -0.861. The summed E-state index contributed by atoms with van der Waals surface area (Å²) >= 11 is 0. The first kappa shape index (κ1) is 18.3. The predicted molar refractivity (Wildman–Crippen MR) is 89.8 cm³/mol. The standard InChI is InChI=1S/C18H21F2N3O3/c1-26-14-8-16(19)15(17(20)9-14)11-22-5-2-6-23-13(10-22)7-12(21-23)3-4-18(24)25/h7-9H,2-6,10-11H2,1H3,(H,24,25). The molecule has 0 bridgehead atoms. The van der Waals surface area contributed by atoms with Crippen LogP contribution in [0.1, 0.15) is 29.8 Å². The number of fused-ring (bicyclic) bond motifs is 1. The van der Waals surface area contributed by atoms with Crippen molar-refractivity contribution in [3.63, 3.8) is 0 Å². The normalized spacial score (nSPS) is 14.7. The van der Waals surface area contributed by atoms with Crippen LogP contribution in [-0.4, -0.2) is 39.4 Å². The van der Waals surface area contributed by atoms with Gasteiger partial charge in [0.15, 0.2) is 0 Å². The smallest absolute Gasteiger partial charge is 0.303 e. The second-order valence-electron chi connectivity index (χ2n) is 6.38. The Balaban J connectivity index is 1.74. The fourth-order valence-electron chi connectivity index (χ4n) is 3.15. The number of carboxylic acids is 1. The topological polar surface area (TPSA) is 67.6 Å². The molecule has 0 unspecified atom stereocenters. The highest BCUT2D eigenvalue weighted by atomic mass is 19.1. The molecule has 6 nitrogen and oxygen atoms in total. The molecule has 3 rings (SSSR count). The van der Waals surface area contributed by atoms with E-state index < -0.39 is 17.6 Å². The Hall–Kier alpha value is -2.48. The number of aliphatic carboxylic acids is 1. The van der Waals surface area contributed by atoms with E-state index in [1.54, 1.807) is 0 Å². The first-order valence-corrected chi connectivity index (χ1v) is 8.48. The first-order valence-electron chi connectivity index (χ1n) is 8.48. The van der Waals surface area contributed by atoms with Crippen LogP contribution >= 0.6 is 0 Å². The Bertz CT molecular complexity index is 784. The number of ether oxygens (including phenoxy) is 1. The van der Waals surface area contributed by atoms with E-state index in [9.17, 15) is 13.6 Å². The zero-order valence-corrected chi connectivity index (χ0v) is 14.5. The average molecular weight is 365 g/mol. The van der Waals surface area contributed by atoms with Crippen molar-refractivity contribution in [2.45, 2.75) is 38.9 Å². The van der Waals surface area contributed by atoms with Gasteiger partial charge in [-0.3, -0.25) is 14.4 Å². The van der Waals surface area contributed by atoms with Crippen LogP contribution in [0.5, 0.6) is 5.75 Å². The maximum absolute atomic E-state index is 14.2. The molecule has 0 atom stereocenters. The first-order chi connectivity index (χ1) is 12.5. The van der Waals surface area contributed by atoms with Crippen LogP contribution in [0.25, 0.3) is 0 Å². The number of halogens is 2. The summed E-state index contributed by atoms with van der Waals surface area (Å²) in [4.78, 5) is 12.7. The number of carboxylic acid groups (broad SMARTS) is 1. The van der Waals surface area contributed by atoms with Gasteiger partial charge in [-0.05, 0) is 12.5 Å². The van der Waals surface area contributed by atoms with E-state index in [2.05, 4.69) is 5.10 Å². The fraction of sp³-hybridized carbons (Fsp3) is 0.444. The summed E-state index contributed by atoms with van der Waals surface area (Å²) in [5, 5.41) is 13.2. The van der Waals surface area contributed by atoms with E-state index in [4.69, 9.17) is 9.84 Å². The van der Waals surface area contributed by atoms with E-state index >= 15 is 0 Å². The van der Waals surface area contributed by atoms with Crippen molar-refractivity contribution in [3.8, 4) is 5.75 Å². The second-order valence-corrected chi connectivity index (χ2v) is 6.38. The van der Waals surface area contributed by atoms with Gasteiger partial charge in [0.2, 0.25) is 0 Å². The summed E-state index contributed by atoms with van der Waals surface area (Å²) in [5.74, 6) is -1.95. The second kappa shape index (κ2) is 7.82. The minimum absolute atomic E-state index is 0.0184. The van der Waals surface area contributed by atoms with Crippen LogP contribution in [0.3, 0.4) is 0 Å². The van der Waals surface area contributed by atoms with Gasteiger partial charge in [0, 0.05) is 50.3 Å². The third kappa shape index (κ3) is 4.19. The van der Waals surface area contributed by atoms with Gasteiger partial charge >= 0.3 is 5.97 Å². The SMILES string of the molecule is COc1cc(F)c(CN2CCCn3nc(CCC(=O)O)cc3C2)c(F)c1. The summed E-state index contributed by atoms with van der Waals surface area (Å²) in [6, 6.07) is 4.25. The van der Waals surface area contributed by atoms with Crippen LogP contribution in [0.2, 0.25) is 0 Å². The summed E-state index contributed by atoms with van der Waals surface area (Å²) in [7, 11) is 1.37. The molecular formula is C18H21F2N3O3. The van der Waals surface area contributed by atoms with Crippen molar-refractivity contribution in [3.05, 3.63) is 46.8 Å². The fourth-order valence-corrected chi connectivity index (χ4v) is 3.15. The number of hydrogen-bond acceptors (Lipinski definition) is 4. The van der Waals surface area contributed by atoms with Crippen molar-refractivity contribution in [1.82, 2.24) is 14.7 Å². The zero-order chi connectivity index (χ0) is 18.7. The predicted octanol–water partition coefficient (Wildman–Crippen LogP) is 2.59. The molecule has 2 aromatic rings. The summed E-state index contributed by atoms with van der Waals surface area (Å²) in [6.07, 6.45) is 1.20. The highest BCUT2D eigenvalue weighted by Gasteiger charge is 2.20. The third-order valence-electron chi connectivity index (χ3n) is 4.47. The lowest BCUT2D eigenvalue weighted by molar-refractivity contribution is -0.136. The lowest BCUT2D eigenvalue weighted by Crippen LogP contribution is -2.24. The van der Waals surface area contributed by atoms with Gasteiger partial charge in [-0.1, -0.05) is 0 Å². The lowest BCUT2D eigenvalue weighted by Gasteiger charge is -2.20. The average Bonchev–Trinajstić information content (AvgIpc) is 2.87. The molecule has 0 saturated heterocycles. The van der Waals surface area contributed by atoms with Crippen molar-refractivity contribution >= 4 is 5.97 Å². The van der Waals surface area contributed by atoms with Gasteiger partial charge in [0.05, 0.1) is 24.9 Å². The summed E-state index contributed by atoms with van der Waals surface area (Å²) in [5.41, 5.74) is 1.67. The Kier molecular flexibility index (Phi) is 5.51. The van der Waals surface area contributed by atoms with Crippen LogP contribution in [0, 0.1) is 11.6 Å². The van der Waals surface area contributed by atoms with Gasteiger partial charge in [-0.25, -0.2) is 8.78 Å². The Morgan fingerprint density at radius 1 is 1.27 bits per heavy atom. The van der Waals surface area contributed by atoms with Crippen LogP contribution in [-0.2, 0) is 30.8 Å². The van der Waals surface area contributed by atoms with Gasteiger partial charge in [-0.2, -0.15) is 5.10 Å². The highest BCUT2D eigenvalue weighted by molar-refractivity contribution is 5.66.